The van der Waals surface area contributed by atoms with Gasteiger partial charge in [-0.15, -0.1) is 0 Å². The van der Waals surface area contributed by atoms with Gasteiger partial charge in [-0.3, -0.25) is 0 Å². The van der Waals surface area contributed by atoms with Gasteiger partial charge in [0.05, 0.1) is 0 Å². The van der Waals surface area contributed by atoms with Gasteiger partial charge in [0.2, 0.25) is 0 Å². The van der Waals surface area contributed by atoms with Gasteiger partial charge >= 0.3 is 0 Å². The van der Waals surface area contributed by atoms with Crippen molar-refractivity contribution in [1.82, 2.24) is 0 Å². The third-order valence-electron chi connectivity index (χ3n) is 11.7. The maximum absolute atomic E-state index is 2.35. The lowest BCUT2D eigenvalue weighted by Gasteiger charge is -2.26. The highest BCUT2D eigenvalue weighted by atomic mass is 15.1. The average Bonchev–Trinajstić information content (AvgIpc) is 3.62. The van der Waals surface area contributed by atoms with Crippen molar-refractivity contribution in [2.24, 2.45) is 0 Å². The van der Waals surface area contributed by atoms with E-state index in [1.165, 1.54) is 55.6 Å². The fourth-order valence-electron chi connectivity index (χ4n) is 8.47. The van der Waals surface area contributed by atoms with Gasteiger partial charge in [0.15, 0.2) is 0 Å². The molecule has 0 spiro atoms. The van der Waals surface area contributed by atoms with Gasteiger partial charge in [-0.2, -0.15) is 0 Å². The summed E-state index contributed by atoms with van der Waals surface area (Å²) >= 11 is 0. The van der Waals surface area contributed by atoms with Gasteiger partial charge < -0.3 is 9.80 Å². The summed E-state index contributed by atoms with van der Waals surface area (Å²) in [4.78, 5) is 4.66. The second-order valence-corrected chi connectivity index (χ2v) is 15.7. The summed E-state index contributed by atoms with van der Waals surface area (Å²) in [7, 11) is 0. The van der Waals surface area contributed by atoms with E-state index in [2.05, 4.69) is 277 Å². The molecular weight excluding hydrogens is 761 g/mol. The topological polar surface area (TPSA) is 6.48 Å². The van der Waals surface area contributed by atoms with E-state index in [1.807, 2.05) is 0 Å². The van der Waals surface area contributed by atoms with Gasteiger partial charge in [-0.1, -0.05) is 188 Å². The van der Waals surface area contributed by atoms with E-state index < -0.39 is 0 Å². The Balaban J connectivity index is 0.893. The molecule has 300 valence electrons. The SMILES string of the molecule is C1=CC(N(c2ccccc2)c2ccc(-c3cccc(-c4cccc(-c5ccc(N(c6ccccc6)c6ccc(-c7ccccc7)cc6)cc5)c4)c3)cc2)=CCC=C1c1ccccc1. The first-order valence-electron chi connectivity index (χ1n) is 21.6. The summed E-state index contributed by atoms with van der Waals surface area (Å²) in [6.07, 6.45) is 9.94. The first-order valence-corrected chi connectivity index (χ1v) is 21.6. The molecule has 2 nitrogen and oxygen atoms in total. The van der Waals surface area contributed by atoms with Crippen molar-refractivity contribution in [2.75, 3.05) is 9.80 Å². The van der Waals surface area contributed by atoms with Crippen molar-refractivity contribution in [3.8, 4) is 44.5 Å². The minimum Gasteiger partial charge on any atom is -0.311 e. The maximum Gasteiger partial charge on any atom is 0.0462 e. The summed E-state index contributed by atoms with van der Waals surface area (Å²) in [5, 5.41) is 0. The second-order valence-electron chi connectivity index (χ2n) is 15.7. The first-order chi connectivity index (χ1) is 31.2. The van der Waals surface area contributed by atoms with Crippen LogP contribution in [-0.2, 0) is 0 Å². The fourth-order valence-corrected chi connectivity index (χ4v) is 8.47. The summed E-state index contributed by atoms with van der Waals surface area (Å²) in [6.45, 7) is 0. The molecule has 0 unspecified atom stereocenters. The fraction of sp³-hybridized carbons (Fsp3) is 0.0164. The highest BCUT2D eigenvalue weighted by molar-refractivity contribution is 5.83. The Morgan fingerprint density at radius 3 is 1.05 bits per heavy atom. The molecule has 1 aliphatic carbocycles. The van der Waals surface area contributed by atoms with E-state index in [-0.39, 0.29) is 0 Å². The number of benzene rings is 9. The molecule has 0 saturated carbocycles. The molecule has 0 fully saturated rings. The smallest absolute Gasteiger partial charge is 0.0462 e. The van der Waals surface area contributed by atoms with Crippen LogP contribution in [0.1, 0.15) is 12.0 Å². The van der Waals surface area contributed by atoms with Crippen molar-refractivity contribution in [1.29, 1.82) is 0 Å². The molecule has 10 rings (SSSR count). The van der Waals surface area contributed by atoms with E-state index in [1.54, 1.807) is 0 Å². The number of para-hydroxylation sites is 2. The zero-order valence-electron chi connectivity index (χ0n) is 35.0. The van der Waals surface area contributed by atoms with Crippen LogP contribution in [0.4, 0.5) is 28.4 Å². The minimum atomic E-state index is 0.852. The molecule has 2 heteroatoms. The van der Waals surface area contributed by atoms with Crippen molar-refractivity contribution in [3.05, 3.63) is 278 Å². The van der Waals surface area contributed by atoms with Gasteiger partial charge in [-0.05, 0) is 141 Å². The van der Waals surface area contributed by atoms with Crippen molar-refractivity contribution >= 4 is 34.0 Å². The molecule has 9 aromatic carbocycles. The molecule has 0 N–H and O–H groups in total. The zero-order chi connectivity index (χ0) is 42.2. The Hall–Kier alpha value is -8.20. The van der Waals surface area contributed by atoms with Crippen LogP contribution in [0.5, 0.6) is 0 Å². The number of hydrogen-bond acceptors (Lipinski definition) is 2. The Labute approximate surface area is 371 Å². The standard InChI is InChI=1S/C61H46N2/c1-5-16-46(17-6-1)48-20-15-29-58(37-30-48)62(56-25-9-3-10-26-56)59-40-33-50(34-41-59)52-21-13-23-54(44-52)55-24-14-22-53(45-55)51-35-42-61(43-36-51)63(57-27-11-4-12-28-57)60-38-31-49(32-39-60)47-18-7-2-8-19-47/h1-14,16-45H,15H2. The van der Waals surface area contributed by atoms with Crippen LogP contribution < -0.4 is 9.80 Å². The predicted molar refractivity (Wildman–Crippen MR) is 268 cm³/mol. The van der Waals surface area contributed by atoms with Crippen LogP contribution in [0, 0.1) is 0 Å². The van der Waals surface area contributed by atoms with Crippen LogP contribution in [-0.4, -0.2) is 0 Å². The number of hydrogen-bond donors (Lipinski definition) is 0. The van der Waals surface area contributed by atoms with Crippen molar-refractivity contribution in [3.63, 3.8) is 0 Å². The third-order valence-corrected chi connectivity index (χ3v) is 11.7. The molecule has 0 aromatic heterocycles. The van der Waals surface area contributed by atoms with E-state index in [0.717, 1.165) is 40.6 Å². The molecule has 0 saturated heterocycles. The molecule has 9 aromatic rings. The molecule has 63 heavy (non-hydrogen) atoms. The Kier molecular flexibility index (Phi) is 11.3. The zero-order valence-corrected chi connectivity index (χ0v) is 35.0. The van der Waals surface area contributed by atoms with Crippen LogP contribution >= 0.6 is 0 Å². The van der Waals surface area contributed by atoms with Gasteiger partial charge in [0, 0.05) is 34.1 Å². The molecule has 0 aliphatic heterocycles. The van der Waals surface area contributed by atoms with E-state index in [9.17, 15) is 0 Å². The minimum absolute atomic E-state index is 0.852. The van der Waals surface area contributed by atoms with Gasteiger partial charge in [0.1, 0.15) is 0 Å². The number of nitrogens with zero attached hydrogens (tertiary/aromatic N) is 2. The van der Waals surface area contributed by atoms with Gasteiger partial charge in [-0.25, -0.2) is 0 Å². The second kappa shape index (κ2) is 18.2. The highest BCUT2D eigenvalue weighted by Gasteiger charge is 2.16. The van der Waals surface area contributed by atoms with E-state index in [4.69, 9.17) is 0 Å². The lowest BCUT2D eigenvalue weighted by molar-refractivity contribution is 1.18. The van der Waals surface area contributed by atoms with Crippen molar-refractivity contribution in [2.45, 2.75) is 6.42 Å². The Morgan fingerprint density at radius 1 is 0.238 bits per heavy atom. The molecule has 0 bridgehead atoms. The molecule has 0 heterocycles. The van der Waals surface area contributed by atoms with Crippen molar-refractivity contribution < 1.29 is 0 Å². The van der Waals surface area contributed by atoms with Gasteiger partial charge in [0.25, 0.3) is 0 Å². The normalized spacial score (nSPS) is 12.2. The summed E-state index contributed by atoms with van der Waals surface area (Å²) in [5.41, 5.74) is 18.7. The summed E-state index contributed by atoms with van der Waals surface area (Å²) in [6, 6.07) is 86.9. The molecule has 0 amide bonds. The quantitative estimate of drug-likeness (QED) is 0.128. The largest absolute Gasteiger partial charge is 0.311 e. The third kappa shape index (κ3) is 8.70. The first kappa shape index (κ1) is 39.0. The van der Waals surface area contributed by atoms with E-state index in [0.29, 0.717) is 0 Å². The lowest BCUT2D eigenvalue weighted by Crippen LogP contribution is -2.15. The number of allylic oxidation sites excluding steroid dienone is 5. The number of rotatable bonds is 11. The lowest BCUT2D eigenvalue weighted by atomic mass is 9.96. The highest BCUT2D eigenvalue weighted by Crippen LogP contribution is 2.38. The number of anilines is 5. The van der Waals surface area contributed by atoms with Crippen LogP contribution in [0.3, 0.4) is 0 Å². The molecule has 0 atom stereocenters. The molecule has 1 aliphatic rings. The monoisotopic (exact) mass is 806 g/mol. The summed E-state index contributed by atoms with van der Waals surface area (Å²) < 4.78 is 0. The molecule has 0 radical (unpaired) electrons. The average molecular weight is 807 g/mol. The summed E-state index contributed by atoms with van der Waals surface area (Å²) in [5.74, 6) is 0. The van der Waals surface area contributed by atoms with Crippen LogP contribution in [0.2, 0.25) is 0 Å². The van der Waals surface area contributed by atoms with Crippen LogP contribution in [0.15, 0.2) is 273 Å². The molecular formula is C61H46N2. The predicted octanol–water partition coefficient (Wildman–Crippen LogP) is 16.9. The maximum atomic E-state index is 2.35. The Morgan fingerprint density at radius 2 is 0.571 bits per heavy atom. The van der Waals surface area contributed by atoms with E-state index >= 15 is 0 Å². The Bertz CT molecular complexity index is 3020. The van der Waals surface area contributed by atoms with Crippen LogP contribution in [0.25, 0.3) is 50.1 Å².